The topological polar surface area (TPSA) is 49.3 Å². The van der Waals surface area contributed by atoms with E-state index in [2.05, 4.69) is 42.8 Å². The SMILES string of the molecule is CCN=C(NC1CC(C)(OC)C1(C)C)N1CCC(N2CCOCC2)C1.I. The van der Waals surface area contributed by atoms with E-state index in [0.717, 1.165) is 58.3 Å². The highest BCUT2D eigenvalue weighted by atomic mass is 127. The van der Waals surface area contributed by atoms with E-state index < -0.39 is 0 Å². The van der Waals surface area contributed by atoms with E-state index in [1.165, 1.54) is 6.42 Å². The van der Waals surface area contributed by atoms with Crippen LogP contribution in [-0.4, -0.2) is 86.5 Å². The second kappa shape index (κ2) is 8.92. The molecule has 0 radical (unpaired) electrons. The monoisotopic (exact) mass is 480 g/mol. The number of halogens is 1. The van der Waals surface area contributed by atoms with Gasteiger partial charge in [0.2, 0.25) is 0 Å². The molecule has 0 bridgehead atoms. The fraction of sp³-hybridized carbons (Fsp3) is 0.947. The molecule has 1 saturated carbocycles. The number of hydrogen-bond acceptors (Lipinski definition) is 4. The van der Waals surface area contributed by atoms with Crippen LogP contribution in [0, 0.1) is 5.41 Å². The molecular formula is C19H37IN4O2. The van der Waals surface area contributed by atoms with Crippen LogP contribution >= 0.6 is 24.0 Å². The highest BCUT2D eigenvalue weighted by Gasteiger charge is 2.58. The Morgan fingerprint density at radius 2 is 1.92 bits per heavy atom. The molecule has 0 spiro atoms. The molecule has 0 aromatic rings. The number of likely N-dealkylation sites (tertiary alicyclic amines) is 1. The van der Waals surface area contributed by atoms with Gasteiger partial charge in [-0.2, -0.15) is 0 Å². The number of guanidine groups is 1. The Balaban J connectivity index is 0.00000243. The molecule has 152 valence electrons. The number of hydrogen-bond donors (Lipinski definition) is 1. The van der Waals surface area contributed by atoms with Gasteiger partial charge in [-0.05, 0) is 26.7 Å². The summed E-state index contributed by atoms with van der Waals surface area (Å²) in [6.07, 6.45) is 2.24. The first-order chi connectivity index (χ1) is 11.9. The predicted molar refractivity (Wildman–Crippen MR) is 116 cm³/mol. The van der Waals surface area contributed by atoms with Crippen LogP contribution in [-0.2, 0) is 9.47 Å². The standard InChI is InChI=1S/C19H36N4O2.HI/c1-6-20-17(21-16-13-19(4,24-5)18(16,2)3)23-8-7-15(14-23)22-9-11-25-12-10-22;/h15-16H,6-14H2,1-5H3,(H,20,21);1H. The number of nitrogens with one attached hydrogen (secondary N) is 1. The first-order valence-corrected chi connectivity index (χ1v) is 9.84. The normalized spacial score (nSPS) is 35.0. The number of rotatable bonds is 4. The largest absolute Gasteiger partial charge is 0.379 e. The van der Waals surface area contributed by atoms with Crippen LogP contribution in [0.1, 0.15) is 40.5 Å². The van der Waals surface area contributed by atoms with Crippen molar-refractivity contribution in [3.63, 3.8) is 0 Å². The van der Waals surface area contributed by atoms with Crippen LogP contribution in [0.4, 0.5) is 0 Å². The molecule has 26 heavy (non-hydrogen) atoms. The summed E-state index contributed by atoms with van der Waals surface area (Å²) in [4.78, 5) is 9.83. The summed E-state index contributed by atoms with van der Waals surface area (Å²) in [6, 6.07) is 1.04. The molecule has 3 fully saturated rings. The van der Waals surface area contributed by atoms with Crippen molar-refractivity contribution in [3.8, 4) is 0 Å². The van der Waals surface area contributed by atoms with E-state index in [0.29, 0.717) is 12.1 Å². The van der Waals surface area contributed by atoms with Crippen LogP contribution in [0.15, 0.2) is 4.99 Å². The second-order valence-electron chi connectivity index (χ2n) is 8.39. The number of methoxy groups -OCH3 is 1. The highest BCUT2D eigenvalue weighted by molar-refractivity contribution is 14.0. The zero-order valence-corrected chi connectivity index (χ0v) is 19.4. The van der Waals surface area contributed by atoms with Crippen molar-refractivity contribution in [2.75, 3.05) is 53.0 Å². The zero-order valence-electron chi connectivity index (χ0n) is 17.1. The first kappa shape index (κ1) is 22.2. The lowest BCUT2D eigenvalue weighted by molar-refractivity contribution is -0.176. The van der Waals surface area contributed by atoms with Crippen molar-refractivity contribution >= 4 is 29.9 Å². The summed E-state index contributed by atoms with van der Waals surface area (Å²) < 4.78 is 11.3. The second-order valence-corrected chi connectivity index (χ2v) is 8.39. The Morgan fingerprint density at radius 1 is 1.23 bits per heavy atom. The molecule has 2 aliphatic heterocycles. The zero-order chi connectivity index (χ0) is 18.1. The van der Waals surface area contributed by atoms with Gasteiger partial charge in [-0.1, -0.05) is 13.8 Å². The van der Waals surface area contributed by atoms with Gasteiger partial charge in [-0.25, -0.2) is 0 Å². The molecule has 3 aliphatic rings. The molecule has 0 aromatic carbocycles. The summed E-state index contributed by atoms with van der Waals surface area (Å²) in [5, 5.41) is 3.75. The maximum atomic E-state index is 5.77. The molecular weight excluding hydrogens is 443 g/mol. The number of morpholine rings is 1. The maximum Gasteiger partial charge on any atom is 0.194 e. The molecule has 2 heterocycles. The van der Waals surface area contributed by atoms with Crippen molar-refractivity contribution in [2.24, 2.45) is 10.4 Å². The Bertz CT molecular complexity index is 496. The number of nitrogens with zero attached hydrogens (tertiary/aromatic N) is 3. The third-order valence-electron chi connectivity index (χ3n) is 6.91. The van der Waals surface area contributed by atoms with Gasteiger partial charge in [0, 0.05) is 57.3 Å². The lowest BCUT2D eigenvalue weighted by Crippen LogP contribution is -2.69. The number of ether oxygens (including phenoxy) is 2. The lowest BCUT2D eigenvalue weighted by atomic mass is 9.56. The molecule has 3 unspecified atom stereocenters. The lowest BCUT2D eigenvalue weighted by Gasteiger charge is -2.59. The van der Waals surface area contributed by atoms with E-state index in [1.54, 1.807) is 0 Å². The van der Waals surface area contributed by atoms with E-state index in [1.807, 2.05) is 7.11 Å². The van der Waals surface area contributed by atoms with Crippen molar-refractivity contribution < 1.29 is 9.47 Å². The Morgan fingerprint density at radius 3 is 2.50 bits per heavy atom. The van der Waals surface area contributed by atoms with Gasteiger partial charge < -0.3 is 19.7 Å². The van der Waals surface area contributed by atoms with E-state index in [-0.39, 0.29) is 35.0 Å². The van der Waals surface area contributed by atoms with Gasteiger partial charge in [0.25, 0.3) is 0 Å². The van der Waals surface area contributed by atoms with Gasteiger partial charge in [-0.15, -0.1) is 24.0 Å². The maximum absolute atomic E-state index is 5.77. The van der Waals surface area contributed by atoms with Crippen molar-refractivity contribution in [2.45, 2.75) is 58.2 Å². The third-order valence-corrected chi connectivity index (χ3v) is 6.91. The van der Waals surface area contributed by atoms with Crippen LogP contribution in [0.2, 0.25) is 0 Å². The summed E-state index contributed by atoms with van der Waals surface area (Å²) in [5.41, 5.74) is 0.0446. The Kier molecular flexibility index (Phi) is 7.61. The predicted octanol–water partition coefficient (Wildman–Crippen LogP) is 2.18. The minimum Gasteiger partial charge on any atom is -0.379 e. The molecule has 7 heteroatoms. The van der Waals surface area contributed by atoms with E-state index in [4.69, 9.17) is 14.5 Å². The summed E-state index contributed by atoms with van der Waals surface area (Å²) in [6.45, 7) is 15.8. The van der Waals surface area contributed by atoms with E-state index in [9.17, 15) is 0 Å². The minimum absolute atomic E-state index is 0. The average Bonchev–Trinajstić information content (AvgIpc) is 3.11. The summed E-state index contributed by atoms with van der Waals surface area (Å²) in [7, 11) is 1.83. The van der Waals surface area contributed by atoms with Crippen LogP contribution in [0.5, 0.6) is 0 Å². The molecule has 1 N–H and O–H groups in total. The Hall–Kier alpha value is -0.120. The molecule has 6 nitrogen and oxygen atoms in total. The number of aliphatic imine (C=N–C) groups is 1. The van der Waals surface area contributed by atoms with Gasteiger partial charge in [0.15, 0.2) is 5.96 Å². The van der Waals surface area contributed by atoms with Gasteiger partial charge in [0.05, 0.1) is 18.8 Å². The summed E-state index contributed by atoms with van der Waals surface area (Å²) >= 11 is 0. The van der Waals surface area contributed by atoms with Crippen LogP contribution < -0.4 is 5.32 Å². The molecule has 0 amide bonds. The van der Waals surface area contributed by atoms with Gasteiger partial charge >= 0.3 is 0 Å². The van der Waals surface area contributed by atoms with Gasteiger partial charge in [-0.3, -0.25) is 9.89 Å². The summed E-state index contributed by atoms with van der Waals surface area (Å²) in [5.74, 6) is 1.08. The van der Waals surface area contributed by atoms with Crippen LogP contribution in [0.25, 0.3) is 0 Å². The van der Waals surface area contributed by atoms with Crippen LogP contribution in [0.3, 0.4) is 0 Å². The Labute approximate surface area is 176 Å². The fourth-order valence-electron chi connectivity index (χ4n) is 4.44. The average molecular weight is 480 g/mol. The van der Waals surface area contributed by atoms with Crippen molar-refractivity contribution in [1.29, 1.82) is 0 Å². The molecule has 3 atom stereocenters. The molecule has 3 rings (SSSR count). The molecule has 2 saturated heterocycles. The van der Waals surface area contributed by atoms with Crippen molar-refractivity contribution in [1.82, 2.24) is 15.1 Å². The van der Waals surface area contributed by atoms with E-state index >= 15 is 0 Å². The molecule has 0 aromatic heterocycles. The van der Waals surface area contributed by atoms with Crippen molar-refractivity contribution in [3.05, 3.63) is 0 Å². The quantitative estimate of drug-likeness (QED) is 0.380. The van der Waals surface area contributed by atoms with Gasteiger partial charge in [0.1, 0.15) is 0 Å². The smallest absolute Gasteiger partial charge is 0.194 e. The fourth-order valence-corrected chi connectivity index (χ4v) is 4.44. The highest BCUT2D eigenvalue weighted by Crippen LogP contribution is 2.51. The third kappa shape index (κ3) is 4.15. The minimum atomic E-state index is -0.0522. The molecule has 1 aliphatic carbocycles. The first-order valence-electron chi connectivity index (χ1n) is 9.84.